The fourth-order valence-electron chi connectivity index (χ4n) is 3.41. The SMILES string of the molecule is CCOc1cccc(C#N)c1C=C1C(=O)N(C)C(Cc2ccc(F)cc2)C(=O)N1C. The number of likely N-dealkylation sites (N-methyl/N-ethyl adjacent to an activating group) is 2. The molecule has 0 N–H and O–H groups in total. The summed E-state index contributed by atoms with van der Waals surface area (Å²) in [6.45, 7) is 2.22. The Morgan fingerprint density at radius 1 is 1.17 bits per heavy atom. The van der Waals surface area contributed by atoms with Gasteiger partial charge in [-0.25, -0.2) is 4.39 Å². The minimum absolute atomic E-state index is 0.154. The molecular formula is C23H22FN3O3. The minimum Gasteiger partial charge on any atom is -0.493 e. The summed E-state index contributed by atoms with van der Waals surface area (Å²) in [6, 6.07) is 12.3. The first-order valence-corrected chi connectivity index (χ1v) is 9.54. The normalized spacial score (nSPS) is 18.0. The smallest absolute Gasteiger partial charge is 0.271 e. The summed E-state index contributed by atoms with van der Waals surface area (Å²) in [7, 11) is 3.10. The number of rotatable bonds is 5. The van der Waals surface area contributed by atoms with Crippen LogP contribution in [0.3, 0.4) is 0 Å². The number of nitriles is 1. The van der Waals surface area contributed by atoms with Crippen LogP contribution in [-0.2, 0) is 16.0 Å². The van der Waals surface area contributed by atoms with Gasteiger partial charge >= 0.3 is 0 Å². The molecule has 1 fully saturated rings. The molecule has 0 aromatic heterocycles. The molecule has 2 aromatic carbocycles. The van der Waals surface area contributed by atoms with Crippen LogP contribution in [0.4, 0.5) is 4.39 Å². The Hall–Kier alpha value is -3.66. The molecule has 0 saturated carbocycles. The molecule has 0 spiro atoms. The Bertz CT molecular complexity index is 1040. The Balaban J connectivity index is 1.97. The molecule has 1 aliphatic heterocycles. The molecule has 2 amide bonds. The molecule has 3 rings (SSSR count). The summed E-state index contributed by atoms with van der Waals surface area (Å²) in [5, 5.41) is 9.46. The highest BCUT2D eigenvalue weighted by Gasteiger charge is 2.39. The molecule has 7 heteroatoms. The number of carbonyl (C=O) groups excluding carboxylic acids is 2. The van der Waals surface area contributed by atoms with Crippen molar-refractivity contribution < 1.29 is 18.7 Å². The topological polar surface area (TPSA) is 73.6 Å². The van der Waals surface area contributed by atoms with Gasteiger partial charge in [-0.3, -0.25) is 9.59 Å². The van der Waals surface area contributed by atoms with E-state index in [0.29, 0.717) is 23.5 Å². The maximum Gasteiger partial charge on any atom is 0.271 e. The predicted molar refractivity (Wildman–Crippen MR) is 110 cm³/mol. The van der Waals surface area contributed by atoms with Gasteiger partial charge in [0.05, 0.1) is 18.2 Å². The summed E-state index contributed by atoms with van der Waals surface area (Å²) in [5.41, 5.74) is 1.71. The molecule has 30 heavy (non-hydrogen) atoms. The molecule has 1 saturated heterocycles. The van der Waals surface area contributed by atoms with Crippen LogP contribution < -0.4 is 4.74 Å². The number of benzene rings is 2. The van der Waals surface area contributed by atoms with Crippen LogP contribution in [0.5, 0.6) is 5.75 Å². The van der Waals surface area contributed by atoms with Crippen LogP contribution in [-0.4, -0.2) is 48.4 Å². The third kappa shape index (κ3) is 4.03. The first kappa shape index (κ1) is 21.1. The van der Waals surface area contributed by atoms with Crippen molar-refractivity contribution in [3.05, 3.63) is 70.7 Å². The van der Waals surface area contributed by atoms with Crippen molar-refractivity contribution in [2.24, 2.45) is 0 Å². The second-order valence-electron chi connectivity index (χ2n) is 6.95. The van der Waals surface area contributed by atoms with Gasteiger partial charge in [-0.15, -0.1) is 0 Å². The van der Waals surface area contributed by atoms with E-state index in [9.17, 15) is 19.2 Å². The van der Waals surface area contributed by atoms with Crippen molar-refractivity contribution >= 4 is 17.9 Å². The molecule has 0 aliphatic carbocycles. The first-order chi connectivity index (χ1) is 14.4. The molecule has 1 aliphatic rings. The van der Waals surface area contributed by atoms with Crippen LogP contribution >= 0.6 is 0 Å². The lowest BCUT2D eigenvalue weighted by Gasteiger charge is -2.38. The summed E-state index contributed by atoms with van der Waals surface area (Å²) < 4.78 is 18.8. The third-order valence-corrected chi connectivity index (χ3v) is 5.09. The predicted octanol–water partition coefficient (Wildman–Crippen LogP) is 2.98. The first-order valence-electron chi connectivity index (χ1n) is 9.54. The molecule has 0 bridgehead atoms. The number of carbonyl (C=O) groups is 2. The van der Waals surface area contributed by atoms with Crippen LogP contribution in [0.2, 0.25) is 0 Å². The summed E-state index contributed by atoms with van der Waals surface area (Å²) in [5.74, 6) is -0.505. The molecule has 1 unspecified atom stereocenters. The zero-order valence-corrected chi connectivity index (χ0v) is 17.1. The van der Waals surface area contributed by atoms with Crippen molar-refractivity contribution in [3.63, 3.8) is 0 Å². The quantitative estimate of drug-likeness (QED) is 0.715. The van der Waals surface area contributed by atoms with Crippen LogP contribution in [0, 0.1) is 17.1 Å². The van der Waals surface area contributed by atoms with Gasteiger partial charge in [0.1, 0.15) is 23.3 Å². The van der Waals surface area contributed by atoms with Crippen LogP contribution in [0.15, 0.2) is 48.2 Å². The number of piperazine rings is 1. The van der Waals surface area contributed by atoms with Crippen molar-refractivity contribution in [3.8, 4) is 11.8 Å². The summed E-state index contributed by atoms with van der Waals surface area (Å²) in [4.78, 5) is 28.8. The number of hydrogen-bond acceptors (Lipinski definition) is 4. The van der Waals surface area contributed by atoms with Crippen molar-refractivity contribution in [2.45, 2.75) is 19.4 Å². The van der Waals surface area contributed by atoms with Gasteiger partial charge in [0.15, 0.2) is 0 Å². The third-order valence-electron chi connectivity index (χ3n) is 5.09. The molecule has 2 aromatic rings. The highest BCUT2D eigenvalue weighted by atomic mass is 19.1. The van der Waals surface area contributed by atoms with Gasteiger partial charge in [0.2, 0.25) is 5.91 Å². The van der Waals surface area contributed by atoms with Gasteiger partial charge in [0.25, 0.3) is 5.91 Å². The molecule has 154 valence electrons. The zero-order chi connectivity index (χ0) is 21.8. The van der Waals surface area contributed by atoms with Gasteiger partial charge in [0, 0.05) is 26.1 Å². The molecule has 1 heterocycles. The van der Waals surface area contributed by atoms with Gasteiger partial charge in [-0.1, -0.05) is 18.2 Å². The Morgan fingerprint density at radius 3 is 2.50 bits per heavy atom. The van der Waals surface area contributed by atoms with E-state index < -0.39 is 6.04 Å². The maximum absolute atomic E-state index is 13.2. The van der Waals surface area contributed by atoms with Crippen LogP contribution in [0.1, 0.15) is 23.6 Å². The van der Waals surface area contributed by atoms with Gasteiger partial charge < -0.3 is 14.5 Å². The van der Waals surface area contributed by atoms with Gasteiger partial charge in [-0.2, -0.15) is 5.26 Å². The minimum atomic E-state index is -0.706. The Labute approximate surface area is 174 Å². The second kappa shape index (κ2) is 8.78. The maximum atomic E-state index is 13.2. The summed E-state index contributed by atoms with van der Waals surface area (Å²) >= 11 is 0. The Morgan fingerprint density at radius 2 is 1.87 bits per heavy atom. The van der Waals surface area contributed by atoms with E-state index in [1.54, 1.807) is 37.4 Å². The lowest BCUT2D eigenvalue weighted by molar-refractivity contribution is -0.148. The largest absolute Gasteiger partial charge is 0.493 e. The number of amides is 2. The lowest BCUT2D eigenvalue weighted by Crippen LogP contribution is -2.56. The van der Waals surface area contributed by atoms with E-state index in [0.717, 1.165) is 5.56 Å². The average molecular weight is 407 g/mol. The van der Waals surface area contributed by atoms with E-state index in [1.807, 2.05) is 6.92 Å². The van der Waals surface area contributed by atoms with E-state index in [4.69, 9.17) is 4.74 Å². The number of hydrogen-bond donors (Lipinski definition) is 0. The molecule has 1 atom stereocenters. The van der Waals surface area contributed by atoms with E-state index in [1.165, 1.54) is 35.1 Å². The zero-order valence-electron chi connectivity index (χ0n) is 17.1. The van der Waals surface area contributed by atoms with Crippen molar-refractivity contribution in [1.82, 2.24) is 9.80 Å². The van der Waals surface area contributed by atoms with E-state index in [-0.39, 0.29) is 29.7 Å². The monoisotopic (exact) mass is 407 g/mol. The molecule has 0 radical (unpaired) electrons. The average Bonchev–Trinajstić information content (AvgIpc) is 2.75. The summed E-state index contributed by atoms with van der Waals surface area (Å²) in [6.07, 6.45) is 1.80. The van der Waals surface area contributed by atoms with Gasteiger partial charge in [-0.05, 0) is 42.8 Å². The highest BCUT2D eigenvalue weighted by molar-refractivity contribution is 6.07. The molecular weight excluding hydrogens is 385 g/mol. The lowest BCUT2D eigenvalue weighted by atomic mass is 9.99. The number of nitrogens with zero attached hydrogens (tertiary/aromatic N) is 3. The second-order valence-corrected chi connectivity index (χ2v) is 6.95. The van der Waals surface area contributed by atoms with E-state index in [2.05, 4.69) is 6.07 Å². The highest BCUT2D eigenvalue weighted by Crippen LogP contribution is 2.29. The standard InChI is InChI=1S/C23H22FN3O3/c1-4-30-21-7-5-6-16(14-25)18(21)13-20-23(29)26(2)19(22(28)27(20)3)12-15-8-10-17(24)11-9-15/h5-11,13,19H,4,12H2,1-3H3. The fourth-order valence-corrected chi connectivity index (χ4v) is 3.41. The number of halogens is 1. The molecule has 6 nitrogen and oxygen atoms in total. The Kier molecular flexibility index (Phi) is 6.17. The van der Waals surface area contributed by atoms with Crippen LogP contribution in [0.25, 0.3) is 6.08 Å². The fraction of sp³-hybridized carbons (Fsp3) is 0.261. The number of ether oxygens (including phenoxy) is 1. The van der Waals surface area contributed by atoms with Crippen molar-refractivity contribution in [2.75, 3.05) is 20.7 Å². The van der Waals surface area contributed by atoms with E-state index >= 15 is 0 Å². The van der Waals surface area contributed by atoms with Crippen molar-refractivity contribution in [1.29, 1.82) is 5.26 Å².